The maximum Gasteiger partial charge on any atom is 0.319 e. The first-order valence-electron chi connectivity index (χ1n) is 9.04. The number of aliphatic hydroxyl groups excluding tert-OH is 2. The second-order valence-corrected chi connectivity index (χ2v) is 6.77. The number of aryl methyl sites for hydroxylation is 1. The van der Waals surface area contributed by atoms with Crippen LogP contribution < -0.4 is 21.7 Å². The standard InChI is InChI=1S/C19H26N4O5/c1-11-4-6-13(7-5-11)22-19(28)23-14-9-12(10-15(24)17(14)26)18(27)21-8-2-3-16(20)25/h4-7,9,14-15,17,24,26H,2-3,8,10H2,1H3,(H2,20,25)(H,21,27)(H2,22,23,28)/t14-,15+,17+/m0/s1. The summed E-state index contributed by atoms with van der Waals surface area (Å²) in [5.74, 6) is -0.880. The number of primary amides is 1. The molecule has 9 heteroatoms. The normalized spacial score (nSPS) is 21.4. The van der Waals surface area contributed by atoms with Crippen molar-refractivity contribution in [3.05, 3.63) is 41.5 Å². The van der Waals surface area contributed by atoms with Crippen molar-refractivity contribution in [3.63, 3.8) is 0 Å². The Morgan fingerprint density at radius 1 is 1.18 bits per heavy atom. The predicted molar refractivity (Wildman–Crippen MR) is 103 cm³/mol. The molecule has 2 rings (SSSR count). The van der Waals surface area contributed by atoms with Crippen LogP contribution >= 0.6 is 0 Å². The molecule has 0 heterocycles. The van der Waals surface area contributed by atoms with Crippen molar-refractivity contribution >= 4 is 23.5 Å². The lowest BCUT2D eigenvalue weighted by Crippen LogP contribution is -2.52. The van der Waals surface area contributed by atoms with Crippen LogP contribution in [0.4, 0.5) is 10.5 Å². The third-order valence-electron chi connectivity index (χ3n) is 4.36. The van der Waals surface area contributed by atoms with Gasteiger partial charge in [-0.2, -0.15) is 0 Å². The van der Waals surface area contributed by atoms with E-state index in [0.717, 1.165) is 5.56 Å². The van der Waals surface area contributed by atoms with Gasteiger partial charge in [0.05, 0.1) is 12.1 Å². The maximum absolute atomic E-state index is 12.2. The summed E-state index contributed by atoms with van der Waals surface area (Å²) in [5.41, 5.74) is 6.91. The lowest BCUT2D eigenvalue weighted by atomic mass is 9.90. The second-order valence-electron chi connectivity index (χ2n) is 6.77. The van der Waals surface area contributed by atoms with Crippen LogP contribution in [0, 0.1) is 6.92 Å². The number of carbonyl (C=O) groups excluding carboxylic acids is 3. The van der Waals surface area contributed by atoms with E-state index in [4.69, 9.17) is 5.73 Å². The van der Waals surface area contributed by atoms with Crippen LogP contribution in [0.1, 0.15) is 24.8 Å². The van der Waals surface area contributed by atoms with Crippen LogP contribution in [0.15, 0.2) is 35.9 Å². The Morgan fingerprint density at radius 3 is 2.50 bits per heavy atom. The van der Waals surface area contributed by atoms with Crippen molar-refractivity contribution in [2.24, 2.45) is 5.73 Å². The first kappa shape index (κ1) is 21.4. The molecule has 0 saturated carbocycles. The molecule has 1 aliphatic rings. The van der Waals surface area contributed by atoms with Crippen molar-refractivity contribution in [1.29, 1.82) is 0 Å². The summed E-state index contributed by atoms with van der Waals surface area (Å²) in [6, 6.07) is 5.66. The molecule has 1 aromatic rings. The van der Waals surface area contributed by atoms with Gasteiger partial charge in [-0.1, -0.05) is 23.8 Å². The average molecular weight is 390 g/mol. The molecule has 0 unspecified atom stereocenters. The van der Waals surface area contributed by atoms with Crippen LogP contribution in [0.2, 0.25) is 0 Å². The highest BCUT2D eigenvalue weighted by Crippen LogP contribution is 2.20. The molecule has 152 valence electrons. The Bertz CT molecular complexity index is 747. The zero-order valence-electron chi connectivity index (χ0n) is 15.6. The molecular formula is C19H26N4O5. The summed E-state index contributed by atoms with van der Waals surface area (Å²) in [6.45, 7) is 2.18. The van der Waals surface area contributed by atoms with Gasteiger partial charge in [0.25, 0.3) is 0 Å². The lowest BCUT2D eigenvalue weighted by Gasteiger charge is -2.31. The van der Waals surface area contributed by atoms with Gasteiger partial charge in [-0.05, 0) is 25.5 Å². The summed E-state index contributed by atoms with van der Waals surface area (Å²) in [5, 5.41) is 28.0. The smallest absolute Gasteiger partial charge is 0.319 e. The average Bonchev–Trinajstić information content (AvgIpc) is 2.64. The molecule has 28 heavy (non-hydrogen) atoms. The van der Waals surface area contributed by atoms with E-state index in [1.807, 2.05) is 19.1 Å². The second kappa shape index (κ2) is 9.86. The minimum absolute atomic E-state index is 0.0411. The van der Waals surface area contributed by atoms with Gasteiger partial charge in [-0.3, -0.25) is 9.59 Å². The van der Waals surface area contributed by atoms with Crippen molar-refractivity contribution in [3.8, 4) is 0 Å². The number of nitrogens with one attached hydrogen (secondary N) is 3. The van der Waals surface area contributed by atoms with Crippen LogP contribution in [-0.4, -0.2) is 52.9 Å². The lowest BCUT2D eigenvalue weighted by molar-refractivity contribution is -0.120. The molecule has 4 amide bonds. The summed E-state index contributed by atoms with van der Waals surface area (Å²) in [6.07, 6.45) is -0.489. The number of benzene rings is 1. The van der Waals surface area contributed by atoms with Crippen LogP contribution in [0.3, 0.4) is 0 Å². The summed E-state index contributed by atoms with van der Waals surface area (Å²) in [4.78, 5) is 35.1. The largest absolute Gasteiger partial charge is 0.390 e. The zero-order valence-corrected chi connectivity index (χ0v) is 15.6. The minimum Gasteiger partial charge on any atom is -0.390 e. The van der Waals surface area contributed by atoms with E-state index in [-0.39, 0.29) is 25.0 Å². The number of hydrogen-bond donors (Lipinski definition) is 6. The summed E-state index contributed by atoms with van der Waals surface area (Å²) in [7, 11) is 0. The van der Waals surface area contributed by atoms with Gasteiger partial charge in [0.1, 0.15) is 6.10 Å². The molecule has 0 aromatic heterocycles. The molecule has 0 bridgehead atoms. The van der Waals surface area contributed by atoms with Gasteiger partial charge >= 0.3 is 6.03 Å². The number of aliphatic hydroxyl groups is 2. The molecule has 0 aliphatic heterocycles. The van der Waals surface area contributed by atoms with Gasteiger partial charge in [0.2, 0.25) is 11.8 Å². The Hall–Kier alpha value is -2.91. The molecule has 1 aromatic carbocycles. The van der Waals surface area contributed by atoms with Gasteiger partial charge < -0.3 is 31.9 Å². The summed E-state index contributed by atoms with van der Waals surface area (Å²) >= 11 is 0. The molecular weight excluding hydrogens is 364 g/mol. The number of amides is 4. The Labute approximate surface area is 163 Å². The summed E-state index contributed by atoms with van der Waals surface area (Å²) < 4.78 is 0. The molecule has 7 N–H and O–H groups in total. The first-order chi connectivity index (χ1) is 13.3. The number of carbonyl (C=O) groups is 3. The van der Waals surface area contributed by atoms with E-state index in [9.17, 15) is 24.6 Å². The highest BCUT2D eigenvalue weighted by molar-refractivity contribution is 5.94. The Morgan fingerprint density at radius 2 is 1.86 bits per heavy atom. The fraction of sp³-hybridized carbons (Fsp3) is 0.421. The van der Waals surface area contributed by atoms with E-state index in [0.29, 0.717) is 12.1 Å². The maximum atomic E-state index is 12.2. The van der Waals surface area contributed by atoms with E-state index >= 15 is 0 Å². The number of anilines is 1. The van der Waals surface area contributed by atoms with Gasteiger partial charge in [0.15, 0.2) is 0 Å². The first-order valence-corrected chi connectivity index (χ1v) is 9.04. The van der Waals surface area contributed by atoms with Gasteiger partial charge in [-0.25, -0.2) is 4.79 Å². The van der Waals surface area contributed by atoms with Crippen LogP contribution in [0.25, 0.3) is 0 Å². The number of nitrogens with two attached hydrogens (primary N) is 1. The van der Waals surface area contributed by atoms with Gasteiger partial charge in [0, 0.05) is 30.6 Å². The van der Waals surface area contributed by atoms with E-state index in [2.05, 4.69) is 16.0 Å². The zero-order chi connectivity index (χ0) is 20.7. The van der Waals surface area contributed by atoms with Crippen LogP contribution in [-0.2, 0) is 9.59 Å². The fourth-order valence-corrected chi connectivity index (χ4v) is 2.80. The Balaban J connectivity index is 1.95. The van der Waals surface area contributed by atoms with Crippen molar-refractivity contribution in [2.75, 3.05) is 11.9 Å². The minimum atomic E-state index is -1.24. The quantitative estimate of drug-likeness (QED) is 0.359. The number of urea groups is 1. The number of hydrogen-bond acceptors (Lipinski definition) is 5. The van der Waals surface area contributed by atoms with E-state index in [1.54, 1.807) is 12.1 Å². The van der Waals surface area contributed by atoms with Crippen molar-refractivity contribution < 1.29 is 24.6 Å². The number of rotatable bonds is 7. The SMILES string of the molecule is Cc1ccc(NC(=O)N[C@H]2C=C(C(=O)NCCCC(N)=O)C[C@@H](O)[C@@H]2O)cc1. The predicted octanol–water partition coefficient (Wildman–Crippen LogP) is -0.0813. The molecule has 0 fully saturated rings. The monoisotopic (exact) mass is 390 g/mol. The van der Waals surface area contributed by atoms with E-state index < -0.39 is 36.1 Å². The topological polar surface area (TPSA) is 154 Å². The van der Waals surface area contributed by atoms with Crippen molar-refractivity contribution in [1.82, 2.24) is 10.6 Å². The van der Waals surface area contributed by atoms with Gasteiger partial charge in [-0.15, -0.1) is 0 Å². The van der Waals surface area contributed by atoms with E-state index in [1.165, 1.54) is 6.08 Å². The molecule has 1 aliphatic carbocycles. The molecule has 0 spiro atoms. The third kappa shape index (κ3) is 6.36. The molecule has 0 saturated heterocycles. The molecule has 3 atom stereocenters. The Kier molecular flexibility index (Phi) is 7.53. The molecule has 0 radical (unpaired) electrons. The third-order valence-corrected chi connectivity index (χ3v) is 4.36. The highest BCUT2D eigenvalue weighted by atomic mass is 16.3. The van der Waals surface area contributed by atoms with Crippen LogP contribution in [0.5, 0.6) is 0 Å². The highest BCUT2D eigenvalue weighted by Gasteiger charge is 2.33. The fourth-order valence-electron chi connectivity index (χ4n) is 2.80. The molecule has 9 nitrogen and oxygen atoms in total. The van der Waals surface area contributed by atoms with Crippen molar-refractivity contribution in [2.45, 2.75) is 44.4 Å².